The second-order valence-corrected chi connectivity index (χ2v) is 8.06. The van der Waals surface area contributed by atoms with E-state index in [4.69, 9.17) is 16.7 Å². The number of hydrogen-bond donors (Lipinski definition) is 2. The van der Waals surface area contributed by atoms with E-state index >= 15 is 0 Å². The summed E-state index contributed by atoms with van der Waals surface area (Å²) in [6.07, 6.45) is 4.49. The zero-order valence-electron chi connectivity index (χ0n) is 12.2. The van der Waals surface area contributed by atoms with Crippen LogP contribution in [0.1, 0.15) is 38.2 Å². The Bertz CT molecular complexity index is 581. The predicted molar refractivity (Wildman–Crippen MR) is 83.7 cm³/mol. The van der Waals surface area contributed by atoms with Crippen molar-refractivity contribution in [1.29, 1.82) is 0 Å². The quantitative estimate of drug-likeness (QED) is 0.871. The van der Waals surface area contributed by atoms with Crippen LogP contribution in [0.5, 0.6) is 0 Å². The molecule has 0 unspecified atom stereocenters. The maximum absolute atomic E-state index is 12.3. The van der Waals surface area contributed by atoms with E-state index in [0.29, 0.717) is 23.0 Å². The first-order chi connectivity index (χ1) is 9.92. The molecule has 4 nitrogen and oxygen atoms in total. The zero-order chi connectivity index (χ0) is 15.5. The maximum Gasteiger partial charge on any atom is 0.240 e. The summed E-state index contributed by atoms with van der Waals surface area (Å²) in [5.41, 5.74) is 0.422. The first-order valence-corrected chi connectivity index (χ1v) is 9.17. The standard InChI is InChI=1S/C15H22ClNO3S/c1-11-2-4-12(5-3-11)9-17-21(19,20)14-6-7-15(16)13(8-14)10-18/h6-8,11-12,17-18H,2-5,9-10H2,1H3. The minimum atomic E-state index is -3.54. The number of aliphatic hydroxyl groups is 1. The van der Waals surface area contributed by atoms with E-state index in [1.807, 2.05) is 0 Å². The highest BCUT2D eigenvalue weighted by Crippen LogP contribution is 2.28. The predicted octanol–water partition coefficient (Wildman–Crippen LogP) is 2.94. The lowest BCUT2D eigenvalue weighted by Crippen LogP contribution is -2.31. The molecule has 0 aliphatic heterocycles. The van der Waals surface area contributed by atoms with E-state index in [9.17, 15) is 8.42 Å². The molecule has 1 aromatic rings. The van der Waals surface area contributed by atoms with Gasteiger partial charge in [0.1, 0.15) is 0 Å². The number of hydrogen-bond acceptors (Lipinski definition) is 3. The van der Waals surface area contributed by atoms with Crippen molar-refractivity contribution in [3.8, 4) is 0 Å². The smallest absolute Gasteiger partial charge is 0.240 e. The van der Waals surface area contributed by atoms with Gasteiger partial charge >= 0.3 is 0 Å². The third-order valence-corrected chi connectivity index (χ3v) is 5.99. The Labute approximate surface area is 131 Å². The van der Waals surface area contributed by atoms with E-state index < -0.39 is 10.0 Å². The SMILES string of the molecule is CC1CCC(CNS(=O)(=O)c2ccc(Cl)c(CO)c2)CC1. The lowest BCUT2D eigenvalue weighted by molar-refractivity contribution is 0.281. The molecule has 0 heterocycles. The molecule has 0 bridgehead atoms. The first-order valence-electron chi connectivity index (χ1n) is 7.31. The zero-order valence-corrected chi connectivity index (χ0v) is 13.8. The van der Waals surface area contributed by atoms with Crippen LogP contribution in [0, 0.1) is 11.8 Å². The minimum absolute atomic E-state index is 0.153. The van der Waals surface area contributed by atoms with Gasteiger partial charge in [0.05, 0.1) is 11.5 Å². The maximum atomic E-state index is 12.3. The van der Waals surface area contributed by atoms with Gasteiger partial charge < -0.3 is 5.11 Å². The van der Waals surface area contributed by atoms with Crippen LogP contribution in [0.25, 0.3) is 0 Å². The van der Waals surface area contributed by atoms with Gasteiger partial charge in [-0.25, -0.2) is 13.1 Å². The molecule has 1 aliphatic carbocycles. The second-order valence-electron chi connectivity index (χ2n) is 5.89. The van der Waals surface area contributed by atoms with Crippen molar-refractivity contribution in [3.63, 3.8) is 0 Å². The van der Waals surface area contributed by atoms with Crippen molar-refractivity contribution in [3.05, 3.63) is 28.8 Å². The molecule has 1 aliphatic rings. The number of sulfonamides is 1. The van der Waals surface area contributed by atoms with Crippen LogP contribution in [-0.2, 0) is 16.6 Å². The summed E-state index contributed by atoms with van der Waals surface area (Å²) in [6, 6.07) is 4.39. The summed E-state index contributed by atoms with van der Waals surface area (Å²) >= 11 is 5.88. The van der Waals surface area contributed by atoms with E-state index in [1.54, 1.807) is 0 Å². The van der Waals surface area contributed by atoms with Crippen LogP contribution in [-0.4, -0.2) is 20.1 Å². The summed E-state index contributed by atoms with van der Waals surface area (Å²) in [5.74, 6) is 1.17. The Morgan fingerprint density at radius 1 is 1.29 bits per heavy atom. The molecule has 0 saturated heterocycles. The normalized spacial score (nSPS) is 23.2. The highest BCUT2D eigenvalue weighted by atomic mass is 35.5. The molecule has 21 heavy (non-hydrogen) atoms. The lowest BCUT2D eigenvalue weighted by Gasteiger charge is -2.26. The van der Waals surface area contributed by atoms with Gasteiger partial charge in [-0.2, -0.15) is 0 Å². The topological polar surface area (TPSA) is 66.4 Å². The fourth-order valence-electron chi connectivity index (χ4n) is 2.68. The van der Waals surface area contributed by atoms with Crippen molar-refractivity contribution in [1.82, 2.24) is 4.72 Å². The lowest BCUT2D eigenvalue weighted by atomic mass is 9.83. The van der Waals surface area contributed by atoms with Crippen molar-refractivity contribution in [2.24, 2.45) is 11.8 Å². The van der Waals surface area contributed by atoms with Crippen LogP contribution in [0.3, 0.4) is 0 Å². The summed E-state index contributed by atoms with van der Waals surface area (Å²) in [4.78, 5) is 0.153. The molecule has 1 aromatic carbocycles. The Kier molecular flexibility index (Phi) is 5.66. The Hall–Kier alpha value is -0.620. The molecule has 6 heteroatoms. The highest BCUT2D eigenvalue weighted by Gasteiger charge is 2.21. The molecule has 118 valence electrons. The number of benzene rings is 1. The van der Waals surface area contributed by atoms with Crippen molar-refractivity contribution >= 4 is 21.6 Å². The van der Waals surface area contributed by atoms with Gasteiger partial charge in [-0.15, -0.1) is 0 Å². The van der Waals surface area contributed by atoms with Gasteiger partial charge in [-0.3, -0.25) is 0 Å². The number of nitrogens with one attached hydrogen (secondary N) is 1. The first kappa shape index (κ1) is 16.7. The molecule has 0 atom stereocenters. The number of rotatable bonds is 5. The third kappa shape index (κ3) is 4.42. The van der Waals surface area contributed by atoms with Crippen molar-refractivity contribution < 1.29 is 13.5 Å². The van der Waals surface area contributed by atoms with Crippen molar-refractivity contribution in [2.45, 2.75) is 44.1 Å². The molecule has 0 amide bonds. The number of aliphatic hydroxyl groups excluding tert-OH is 1. The fraction of sp³-hybridized carbons (Fsp3) is 0.600. The monoisotopic (exact) mass is 331 g/mol. The fourth-order valence-corrected chi connectivity index (χ4v) is 4.03. The molecule has 0 aromatic heterocycles. The third-order valence-electron chi connectivity index (χ3n) is 4.20. The van der Waals surface area contributed by atoms with Gasteiger partial charge in [-0.05, 0) is 48.4 Å². The van der Waals surface area contributed by atoms with Gasteiger partial charge in [0, 0.05) is 11.6 Å². The van der Waals surface area contributed by atoms with Crippen molar-refractivity contribution in [2.75, 3.05) is 6.54 Å². The van der Waals surface area contributed by atoms with Gasteiger partial charge in [0.15, 0.2) is 0 Å². The van der Waals surface area contributed by atoms with Gasteiger partial charge in [-0.1, -0.05) is 31.4 Å². The van der Waals surface area contributed by atoms with Gasteiger partial charge in [0.25, 0.3) is 0 Å². The van der Waals surface area contributed by atoms with E-state index in [1.165, 1.54) is 31.0 Å². The van der Waals surface area contributed by atoms with Crippen LogP contribution >= 0.6 is 11.6 Å². The van der Waals surface area contributed by atoms with Crippen LogP contribution in [0.4, 0.5) is 0 Å². The Morgan fingerprint density at radius 2 is 1.95 bits per heavy atom. The summed E-state index contributed by atoms with van der Waals surface area (Å²) in [5, 5.41) is 9.54. The molecule has 2 N–H and O–H groups in total. The molecule has 0 spiro atoms. The molecule has 1 fully saturated rings. The molecular weight excluding hydrogens is 310 g/mol. The van der Waals surface area contributed by atoms with Crippen LogP contribution < -0.4 is 4.72 Å². The summed E-state index contributed by atoms with van der Waals surface area (Å²) < 4.78 is 27.2. The van der Waals surface area contributed by atoms with E-state index in [2.05, 4.69) is 11.6 Å². The summed E-state index contributed by atoms with van der Waals surface area (Å²) in [6.45, 7) is 2.44. The molecule has 1 saturated carbocycles. The number of halogens is 1. The Balaban J connectivity index is 2.01. The minimum Gasteiger partial charge on any atom is -0.392 e. The summed E-state index contributed by atoms with van der Waals surface area (Å²) in [7, 11) is -3.54. The highest BCUT2D eigenvalue weighted by molar-refractivity contribution is 7.89. The van der Waals surface area contributed by atoms with E-state index in [-0.39, 0.29) is 11.5 Å². The average Bonchev–Trinajstić information content (AvgIpc) is 2.47. The van der Waals surface area contributed by atoms with Crippen LogP contribution in [0.15, 0.2) is 23.1 Å². The van der Waals surface area contributed by atoms with Crippen LogP contribution in [0.2, 0.25) is 5.02 Å². The largest absolute Gasteiger partial charge is 0.392 e. The van der Waals surface area contributed by atoms with Gasteiger partial charge in [0.2, 0.25) is 10.0 Å². The molecule has 2 rings (SSSR count). The Morgan fingerprint density at radius 3 is 2.57 bits per heavy atom. The molecular formula is C15H22ClNO3S. The second kappa shape index (κ2) is 7.09. The van der Waals surface area contributed by atoms with E-state index in [0.717, 1.165) is 18.8 Å². The molecule has 0 radical (unpaired) electrons. The average molecular weight is 332 g/mol.